The first-order valence-electron chi connectivity index (χ1n) is 6.71. The number of methoxy groups -OCH3 is 1. The van der Waals surface area contributed by atoms with Gasteiger partial charge in [-0.15, -0.1) is 0 Å². The van der Waals surface area contributed by atoms with E-state index in [1.807, 2.05) is 19.1 Å². The van der Waals surface area contributed by atoms with Crippen LogP contribution in [0.2, 0.25) is 0 Å². The summed E-state index contributed by atoms with van der Waals surface area (Å²) in [6.07, 6.45) is 5.76. The Balaban J connectivity index is 2.50. The van der Waals surface area contributed by atoms with Crippen LogP contribution in [0, 0.1) is 6.92 Å². The summed E-state index contributed by atoms with van der Waals surface area (Å²) in [5.74, 6) is 1.20. The van der Waals surface area contributed by atoms with Gasteiger partial charge in [-0.2, -0.15) is 0 Å². The lowest BCUT2D eigenvalue weighted by Crippen LogP contribution is -2.37. The summed E-state index contributed by atoms with van der Waals surface area (Å²) in [6, 6.07) is 3.83. The van der Waals surface area contributed by atoms with Crippen LogP contribution in [0.3, 0.4) is 0 Å². The number of ether oxygens (including phenoxy) is 1. The molecule has 3 nitrogen and oxygen atoms in total. The van der Waals surface area contributed by atoms with Gasteiger partial charge in [0.15, 0.2) is 0 Å². The molecule has 18 heavy (non-hydrogen) atoms. The topological polar surface area (TPSA) is 55.5 Å². The van der Waals surface area contributed by atoms with Crippen molar-refractivity contribution in [1.29, 1.82) is 0 Å². The highest BCUT2D eigenvalue weighted by atomic mass is 16.5. The highest BCUT2D eigenvalue weighted by Crippen LogP contribution is 2.44. The molecule has 0 unspecified atom stereocenters. The van der Waals surface area contributed by atoms with Crippen molar-refractivity contribution in [1.82, 2.24) is 0 Å². The van der Waals surface area contributed by atoms with Gasteiger partial charge in [-0.25, -0.2) is 0 Å². The summed E-state index contributed by atoms with van der Waals surface area (Å²) in [4.78, 5) is 0. The van der Waals surface area contributed by atoms with Gasteiger partial charge in [0, 0.05) is 17.5 Å². The van der Waals surface area contributed by atoms with E-state index < -0.39 is 0 Å². The fourth-order valence-electron chi connectivity index (χ4n) is 3.08. The Morgan fingerprint density at radius 2 is 1.94 bits per heavy atom. The molecule has 0 aromatic heterocycles. The van der Waals surface area contributed by atoms with Crippen molar-refractivity contribution < 1.29 is 9.84 Å². The normalized spacial score (nSPS) is 18.6. The van der Waals surface area contributed by atoms with E-state index in [0.717, 1.165) is 29.7 Å². The molecule has 1 aliphatic carbocycles. The zero-order valence-corrected chi connectivity index (χ0v) is 11.3. The van der Waals surface area contributed by atoms with Crippen LogP contribution in [-0.2, 0) is 5.41 Å². The molecule has 0 spiro atoms. The van der Waals surface area contributed by atoms with Gasteiger partial charge in [-0.1, -0.05) is 19.3 Å². The van der Waals surface area contributed by atoms with Gasteiger partial charge >= 0.3 is 0 Å². The Kier molecular flexibility index (Phi) is 3.81. The minimum atomic E-state index is -0.0678. The zero-order chi connectivity index (χ0) is 13.2. The maximum atomic E-state index is 10.4. The third-order valence-electron chi connectivity index (χ3n) is 4.28. The molecule has 100 valence electrons. The van der Waals surface area contributed by atoms with Gasteiger partial charge in [-0.3, -0.25) is 0 Å². The molecule has 1 aliphatic rings. The van der Waals surface area contributed by atoms with Crippen molar-refractivity contribution in [3.05, 3.63) is 23.3 Å². The lowest BCUT2D eigenvalue weighted by Gasteiger charge is -2.37. The number of phenolic OH excluding ortho intramolecular Hbond substituents is 1. The van der Waals surface area contributed by atoms with Crippen LogP contribution in [0.4, 0.5) is 0 Å². The second kappa shape index (κ2) is 5.19. The van der Waals surface area contributed by atoms with Crippen molar-refractivity contribution in [3.8, 4) is 11.5 Å². The molecular weight excluding hydrogens is 226 g/mol. The summed E-state index contributed by atoms with van der Waals surface area (Å²) in [7, 11) is 1.66. The molecule has 0 radical (unpaired) electrons. The molecule has 0 amide bonds. The number of nitrogens with two attached hydrogens (primary N) is 1. The predicted molar refractivity (Wildman–Crippen MR) is 73.2 cm³/mol. The monoisotopic (exact) mass is 249 g/mol. The SMILES string of the molecule is COc1cc(C)c(O)c(C2(CN)CCCCC2)c1. The summed E-state index contributed by atoms with van der Waals surface area (Å²) >= 11 is 0. The molecule has 0 aliphatic heterocycles. The fourth-order valence-corrected chi connectivity index (χ4v) is 3.08. The van der Waals surface area contributed by atoms with E-state index in [0.29, 0.717) is 12.3 Å². The first-order chi connectivity index (χ1) is 8.63. The Labute approximate surface area is 109 Å². The van der Waals surface area contributed by atoms with Gasteiger partial charge in [0.1, 0.15) is 11.5 Å². The first-order valence-corrected chi connectivity index (χ1v) is 6.71. The fraction of sp³-hybridized carbons (Fsp3) is 0.600. The summed E-state index contributed by atoms with van der Waals surface area (Å²) in [5, 5.41) is 10.4. The second-order valence-electron chi connectivity index (χ2n) is 5.39. The third-order valence-corrected chi connectivity index (χ3v) is 4.28. The highest BCUT2D eigenvalue weighted by molar-refractivity contribution is 5.49. The van der Waals surface area contributed by atoms with Crippen LogP contribution in [0.1, 0.15) is 43.2 Å². The average Bonchev–Trinajstić information content (AvgIpc) is 2.42. The Morgan fingerprint density at radius 3 is 2.50 bits per heavy atom. The van der Waals surface area contributed by atoms with Crippen molar-refractivity contribution in [2.24, 2.45) is 5.73 Å². The van der Waals surface area contributed by atoms with Crippen LogP contribution < -0.4 is 10.5 Å². The maximum absolute atomic E-state index is 10.4. The quantitative estimate of drug-likeness (QED) is 0.866. The number of rotatable bonds is 3. The lowest BCUT2D eigenvalue weighted by molar-refractivity contribution is 0.288. The molecule has 0 saturated heterocycles. The smallest absolute Gasteiger partial charge is 0.122 e. The number of aryl methyl sites for hydroxylation is 1. The van der Waals surface area contributed by atoms with E-state index >= 15 is 0 Å². The number of hydrogen-bond donors (Lipinski definition) is 2. The van der Waals surface area contributed by atoms with Crippen LogP contribution in [-0.4, -0.2) is 18.8 Å². The molecule has 1 aromatic carbocycles. The predicted octanol–water partition coefficient (Wildman–Crippen LogP) is 2.87. The zero-order valence-electron chi connectivity index (χ0n) is 11.3. The van der Waals surface area contributed by atoms with E-state index in [-0.39, 0.29) is 5.41 Å². The molecular formula is C15H23NO2. The van der Waals surface area contributed by atoms with E-state index in [9.17, 15) is 5.11 Å². The lowest BCUT2D eigenvalue weighted by atomic mass is 9.69. The molecule has 3 N–H and O–H groups in total. The first kappa shape index (κ1) is 13.2. The van der Waals surface area contributed by atoms with Crippen molar-refractivity contribution in [2.75, 3.05) is 13.7 Å². The standard InChI is InChI=1S/C15H23NO2/c1-11-8-12(18-2)9-13(14(11)17)15(10-16)6-4-3-5-7-15/h8-9,17H,3-7,10,16H2,1-2H3. The van der Waals surface area contributed by atoms with Gasteiger partial charge in [0.05, 0.1) is 7.11 Å². The number of hydrogen-bond acceptors (Lipinski definition) is 3. The molecule has 0 atom stereocenters. The van der Waals surface area contributed by atoms with E-state index in [2.05, 4.69) is 0 Å². The second-order valence-corrected chi connectivity index (χ2v) is 5.39. The van der Waals surface area contributed by atoms with Crippen LogP contribution in [0.5, 0.6) is 11.5 Å². The van der Waals surface area contributed by atoms with E-state index in [4.69, 9.17) is 10.5 Å². The van der Waals surface area contributed by atoms with Crippen molar-refractivity contribution >= 4 is 0 Å². The van der Waals surface area contributed by atoms with Gasteiger partial charge in [-0.05, 0) is 37.5 Å². The number of phenols is 1. The molecule has 0 heterocycles. The number of aromatic hydroxyl groups is 1. The Morgan fingerprint density at radius 1 is 1.28 bits per heavy atom. The van der Waals surface area contributed by atoms with Crippen LogP contribution in [0.25, 0.3) is 0 Å². The van der Waals surface area contributed by atoms with E-state index in [1.165, 1.54) is 19.3 Å². The minimum Gasteiger partial charge on any atom is -0.507 e. The molecule has 3 heteroatoms. The van der Waals surface area contributed by atoms with Gasteiger partial charge < -0.3 is 15.6 Å². The largest absolute Gasteiger partial charge is 0.507 e. The van der Waals surface area contributed by atoms with Crippen molar-refractivity contribution in [3.63, 3.8) is 0 Å². The maximum Gasteiger partial charge on any atom is 0.122 e. The van der Waals surface area contributed by atoms with E-state index in [1.54, 1.807) is 7.11 Å². The molecule has 0 bridgehead atoms. The minimum absolute atomic E-state index is 0.0678. The Hall–Kier alpha value is -1.22. The Bertz CT molecular complexity index is 423. The molecule has 1 fully saturated rings. The van der Waals surface area contributed by atoms with Crippen LogP contribution in [0.15, 0.2) is 12.1 Å². The molecule has 2 rings (SSSR count). The van der Waals surface area contributed by atoms with Crippen molar-refractivity contribution in [2.45, 2.75) is 44.4 Å². The third kappa shape index (κ3) is 2.19. The summed E-state index contributed by atoms with van der Waals surface area (Å²) in [6.45, 7) is 2.50. The molecule has 1 saturated carbocycles. The van der Waals surface area contributed by atoms with Crippen LogP contribution >= 0.6 is 0 Å². The number of benzene rings is 1. The highest BCUT2D eigenvalue weighted by Gasteiger charge is 2.35. The summed E-state index contributed by atoms with van der Waals surface area (Å²) in [5.41, 5.74) is 7.80. The summed E-state index contributed by atoms with van der Waals surface area (Å²) < 4.78 is 5.32. The molecule has 1 aromatic rings. The van der Waals surface area contributed by atoms with Gasteiger partial charge in [0.2, 0.25) is 0 Å². The average molecular weight is 249 g/mol. The van der Waals surface area contributed by atoms with Gasteiger partial charge in [0.25, 0.3) is 0 Å².